The van der Waals surface area contributed by atoms with Gasteiger partial charge in [0.05, 0.1) is 0 Å². The molecule has 1 N–H and O–H groups in total. The average molecular weight is 250 g/mol. The van der Waals surface area contributed by atoms with Crippen LogP contribution in [0.5, 0.6) is 0 Å². The van der Waals surface area contributed by atoms with Gasteiger partial charge in [0, 0.05) is 0 Å². The van der Waals surface area contributed by atoms with Crippen molar-refractivity contribution in [3.8, 4) is 0 Å². The third kappa shape index (κ3) is 3.46. The molecule has 0 aromatic heterocycles. The Hall–Kier alpha value is -0.280. The Labute approximate surface area is 77.2 Å². The lowest BCUT2D eigenvalue weighted by molar-refractivity contribution is -0.421. The van der Waals surface area contributed by atoms with Crippen LogP contribution in [0.15, 0.2) is 0 Å². The van der Waals surface area contributed by atoms with E-state index in [9.17, 15) is 30.7 Å². The van der Waals surface area contributed by atoms with Gasteiger partial charge in [0.15, 0.2) is 0 Å². The van der Waals surface area contributed by atoms with Crippen LogP contribution in [0, 0.1) is 0 Å². The van der Waals surface area contributed by atoms with Gasteiger partial charge < -0.3 is 5.11 Å². The van der Waals surface area contributed by atoms with Crippen LogP contribution in [0.2, 0.25) is 0 Å². The van der Waals surface area contributed by atoms with Crippen molar-refractivity contribution in [2.75, 3.05) is 0 Å². The zero-order valence-electron chi connectivity index (χ0n) is 5.96. The van der Waals surface area contributed by atoms with E-state index in [2.05, 4.69) is 16.3 Å². The number of ether oxygens (including phenoxy) is 1. The summed E-state index contributed by atoms with van der Waals surface area (Å²) in [5, 5.41) is 2.67. The van der Waals surface area contributed by atoms with Crippen molar-refractivity contribution in [1.29, 1.82) is 0 Å². The molecule has 0 saturated heterocycles. The third-order valence-corrected chi connectivity index (χ3v) is 1.10. The van der Waals surface area contributed by atoms with E-state index in [4.69, 9.17) is 5.11 Å². The lowest BCUT2D eigenvalue weighted by atomic mass is 10.6. The summed E-state index contributed by atoms with van der Waals surface area (Å²) >= 11 is 3.80. The molecule has 0 aliphatic rings. The van der Waals surface area contributed by atoms with Gasteiger partial charge in [-0.25, -0.2) is 4.39 Å². The normalized spacial score (nSPS) is 20.4. The van der Waals surface area contributed by atoms with Gasteiger partial charge in [0.25, 0.3) is 6.36 Å². The van der Waals surface area contributed by atoms with E-state index in [-0.39, 0.29) is 0 Å². The van der Waals surface area contributed by atoms with Crippen molar-refractivity contribution in [3.63, 3.8) is 0 Å². The van der Waals surface area contributed by atoms with Gasteiger partial charge in [-0.05, 0) is 11.6 Å². The van der Waals surface area contributed by atoms with Crippen LogP contribution in [-0.2, 0) is 4.74 Å². The Balaban J connectivity index is 4.53. The summed E-state index contributed by atoms with van der Waals surface area (Å²) in [6.07, 6.45) is -10.2. The van der Waals surface area contributed by atoms with Gasteiger partial charge in [0.1, 0.15) is 0 Å². The van der Waals surface area contributed by atoms with Crippen LogP contribution >= 0.6 is 11.6 Å². The van der Waals surface area contributed by atoms with E-state index in [0.717, 1.165) is 0 Å². The zero-order valence-corrected chi connectivity index (χ0v) is 6.71. The molecule has 0 saturated carbocycles. The Bertz CT molecular complexity index is 197. The van der Waals surface area contributed by atoms with Gasteiger partial charge in [-0.15, -0.1) is 0 Å². The largest absolute Gasteiger partial charge is 0.445 e. The summed E-state index contributed by atoms with van der Waals surface area (Å²) in [6, 6.07) is -5.25. The van der Waals surface area contributed by atoms with Crippen molar-refractivity contribution < 1.29 is 40.6 Å². The fourth-order valence-electron chi connectivity index (χ4n) is 0.271. The Morgan fingerprint density at radius 3 is 1.64 bits per heavy atom. The van der Waals surface area contributed by atoms with Crippen LogP contribution in [0.4, 0.5) is 30.7 Å². The van der Waals surface area contributed by atoms with Crippen LogP contribution in [0.25, 0.3) is 0 Å². The second-order valence-electron chi connectivity index (χ2n) is 2.03. The highest BCUT2D eigenvalue weighted by Gasteiger charge is 2.59. The first-order valence-corrected chi connectivity index (χ1v) is 3.12. The molecular formula is C4H2ClF7O2. The molecule has 0 fully saturated rings. The number of aliphatic hydroxyl groups is 1. The fraction of sp³-hybridized carbons (Fsp3) is 1.00. The highest BCUT2D eigenvalue weighted by Crippen LogP contribution is 2.38. The van der Waals surface area contributed by atoms with E-state index in [1.165, 1.54) is 0 Å². The Morgan fingerprint density at radius 2 is 1.43 bits per heavy atom. The zero-order chi connectivity index (χ0) is 11.8. The number of halogens is 8. The number of hydrogen-bond acceptors (Lipinski definition) is 2. The second kappa shape index (κ2) is 3.70. The van der Waals surface area contributed by atoms with Crippen molar-refractivity contribution in [2.45, 2.75) is 24.0 Å². The lowest BCUT2D eigenvalue weighted by Gasteiger charge is -2.25. The van der Waals surface area contributed by atoms with Crippen LogP contribution in [-0.4, -0.2) is 29.1 Å². The highest BCUT2D eigenvalue weighted by molar-refractivity contribution is 6.22. The van der Waals surface area contributed by atoms with Gasteiger partial charge >= 0.3 is 17.6 Å². The van der Waals surface area contributed by atoms with Crippen molar-refractivity contribution in [1.82, 2.24) is 0 Å². The monoisotopic (exact) mass is 250 g/mol. The quantitative estimate of drug-likeness (QED) is 0.473. The van der Waals surface area contributed by atoms with E-state index in [1.807, 2.05) is 0 Å². The molecule has 2 atom stereocenters. The smallest absolute Gasteiger partial charge is 0.334 e. The van der Waals surface area contributed by atoms with E-state index in [1.54, 1.807) is 0 Å². The van der Waals surface area contributed by atoms with Crippen molar-refractivity contribution >= 4 is 11.6 Å². The van der Waals surface area contributed by atoms with Crippen LogP contribution in [0.3, 0.4) is 0 Å². The molecule has 0 bridgehead atoms. The number of rotatable bonds is 3. The van der Waals surface area contributed by atoms with E-state index < -0.39 is 24.0 Å². The summed E-state index contributed by atoms with van der Waals surface area (Å²) in [5.74, 6) is 0. The maximum Gasteiger partial charge on any atom is 0.445 e. The molecule has 0 aromatic rings. The van der Waals surface area contributed by atoms with Gasteiger partial charge in [0.2, 0.25) is 0 Å². The second-order valence-corrected chi connectivity index (χ2v) is 2.51. The minimum atomic E-state index is -5.75. The molecule has 0 heterocycles. The van der Waals surface area contributed by atoms with E-state index >= 15 is 0 Å². The average Bonchev–Trinajstić information content (AvgIpc) is 1.80. The first kappa shape index (κ1) is 13.7. The highest BCUT2D eigenvalue weighted by atomic mass is 35.5. The molecule has 0 aromatic carbocycles. The Kier molecular flexibility index (Phi) is 3.63. The molecule has 0 amide bonds. The fourth-order valence-corrected chi connectivity index (χ4v) is 0.315. The predicted molar refractivity (Wildman–Crippen MR) is 28.9 cm³/mol. The molecule has 0 rings (SSSR count). The molecule has 0 aliphatic heterocycles. The standard InChI is InChI=1S/C4H2ClF7O2/c5-3(10,11)4(12,13)14-1(6)2(7,8)9/h1,13H. The molecule has 0 radical (unpaired) electrons. The third-order valence-electron chi connectivity index (χ3n) is 0.867. The maximum absolute atomic E-state index is 12.1. The lowest BCUT2D eigenvalue weighted by Crippen LogP contribution is -2.47. The first-order chi connectivity index (χ1) is 5.88. The van der Waals surface area contributed by atoms with Crippen LogP contribution in [0.1, 0.15) is 0 Å². The molecule has 2 nitrogen and oxygen atoms in total. The topological polar surface area (TPSA) is 29.5 Å². The molecule has 2 unspecified atom stereocenters. The molecule has 0 spiro atoms. The minimum Gasteiger partial charge on any atom is -0.334 e. The minimum absolute atomic E-state index is 2.38. The molecular weight excluding hydrogens is 248 g/mol. The summed E-state index contributed by atoms with van der Waals surface area (Å²) in [6.45, 7) is 0. The first-order valence-electron chi connectivity index (χ1n) is 2.74. The van der Waals surface area contributed by atoms with Gasteiger partial charge in [-0.3, -0.25) is 4.74 Å². The molecule has 14 heavy (non-hydrogen) atoms. The molecule has 0 aliphatic carbocycles. The summed E-state index contributed by atoms with van der Waals surface area (Å²) in [7, 11) is 0. The maximum atomic E-state index is 12.1. The van der Waals surface area contributed by atoms with Crippen LogP contribution < -0.4 is 0 Å². The van der Waals surface area contributed by atoms with Gasteiger partial charge in [-0.1, -0.05) is 0 Å². The number of hydrogen-bond donors (Lipinski definition) is 1. The molecule has 86 valence electrons. The van der Waals surface area contributed by atoms with Crippen molar-refractivity contribution in [2.24, 2.45) is 0 Å². The van der Waals surface area contributed by atoms with E-state index in [0.29, 0.717) is 0 Å². The van der Waals surface area contributed by atoms with Gasteiger partial charge in [-0.2, -0.15) is 26.3 Å². The molecule has 10 heteroatoms. The number of alkyl halides is 8. The predicted octanol–water partition coefficient (Wildman–Crippen LogP) is 2.31. The van der Waals surface area contributed by atoms with Crippen molar-refractivity contribution in [3.05, 3.63) is 0 Å². The summed E-state index contributed by atoms with van der Waals surface area (Å²) in [4.78, 5) is 0. The SMILES string of the molecule is OC(F)(OC(F)C(F)(F)F)C(F)(F)Cl. The summed E-state index contributed by atoms with van der Waals surface area (Å²) < 4.78 is 83.6. The Morgan fingerprint density at radius 1 is 1.07 bits per heavy atom. The summed E-state index contributed by atoms with van der Waals surface area (Å²) in [5.41, 5.74) is 0.